The average Bonchev–Trinajstić information content (AvgIpc) is 2.80. The van der Waals surface area contributed by atoms with Gasteiger partial charge in [0.2, 0.25) is 0 Å². The Morgan fingerprint density at radius 1 is 0.900 bits per heavy atom. The van der Waals surface area contributed by atoms with Crippen LogP contribution < -0.4 is 15.3 Å². The van der Waals surface area contributed by atoms with Gasteiger partial charge in [-0.1, -0.05) is 93.5 Å². The van der Waals surface area contributed by atoms with Crippen molar-refractivity contribution < 1.29 is 9.53 Å². The van der Waals surface area contributed by atoms with E-state index in [1.54, 1.807) is 0 Å². The van der Waals surface area contributed by atoms with Gasteiger partial charge in [-0.15, -0.1) is 0 Å². The van der Waals surface area contributed by atoms with E-state index >= 15 is 0 Å². The lowest BCUT2D eigenvalue weighted by atomic mass is 9.93. The number of ether oxygens (including phenoxy) is 1. The van der Waals surface area contributed by atoms with Crippen LogP contribution in [-0.4, -0.2) is 6.29 Å². The zero-order valence-electron chi connectivity index (χ0n) is 16.8. The molecule has 0 bridgehead atoms. The molecule has 1 aliphatic rings. The number of benzene rings is 3. The van der Waals surface area contributed by atoms with Crippen LogP contribution >= 0.6 is 8.58 Å². The third-order valence-corrected chi connectivity index (χ3v) is 6.59. The summed E-state index contributed by atoms with van der Waals surface area (Å²) in [5.74, 6) is 1.42. The molecular formula is C27H25O2P. The monoisotopic (exact) mass is 412 g/mol. The Labute approximate surface area is 180 Å². The van der Waals surface area contributed by atoms with Crippen molar-refractivity contribution in [2.45, 2.75) is 19.4 Å². The molecule has 0 spiro atoms. The van der Waals surface area contributed by atoms with Crippen molar-refractivity contribution in [3.05, 3.63) is 114 Å². The maximum atomic E-state index is 11.5. The van der Waals surface area contributed by atoms with Gasteiger partial charge in [-0.25, -0.2) is 0 Å². The lowest BCUT2D eigenvalue weighted by Gasteiger charge is -2.17. The minimum Gasteiger partial charge on any atom is -0.488 e. The van der Waals surface area contributed by atoms with Crippen molar-refractivity contribution in [3.8, 4) is 5.75 Å². The molecule has 0 N–H and O–H groups in total. The maximum Gasteiger partial charge on any atom is 0.150 e. The standard InChI is InChI=1S/C27H25O2P/c28-19-24-13-7-8-14-26(24)30-27-18-23(17-21-9-3-1-4-10-21)15-16-25(27)29-20-22-11-5-2-6-12-22/h1-9,11-16,18-19,21,30H,10,17,20H2. The molecule has 0 saturated heterocycles. The minimum absolute atomic E-state index is 0.369. The highest BCUT2D eigenvalue weighted by Crippen LogP contribution is 2.25. The number of carbonyl (C=O) groups is 1. The predicted molar refractivity (Wildman–Crippen MR) is 127 cm³/mol. The predicted octanol–water partition coefficient (Wildman–Crippen LogP) is 5.38. The molecule has 0 fully saturated rings. The van der Waals surface area contributed by atoms with Crippen LogP contribution in [0.2, 0.25) is 0 Å². The molecule has 1 aliphatic carbocycles. The van der Waals surface area contributed by atoms with Crippen LogP contribution in [0.4, 0.5) is 0 Å². The van der Waals surface area contributed by atoms with E-state index in [0.717, 1.165) is 46.6 Å². The third-order valence-electron chi connectivity index (χ3n) is 5.21. The first-order valence-corrected chi connectivity index (χ1v) is 11.3. The molecule has 3 aromatic rings. The summed E-state index contributed by atoms with van der Waals surface area (Å²) in [4.78, 5) is 11.5. The lowest BCUT2D eigenvalue weighted by Crippen LogP contribution is -2.13. The van der Waals surface area contributed by atoms with Crippen LogP contribution in [0.15, 0.2) is 97.1 Å². The Bertz CT molecular complexity index is 1050. The molecule has 30 heavy (non-hydrogen) atoms. The van der Waals surface area contributed by atoms with Crippen LogP contribution in [0.25, 0.3) is 0 Å². The van der Waals surface area contributed by atoms with E-state index in [2.05, 4.69) is 54.6 Å². The van der Waals surface area contributed by atoms with E-state index in [4.69, 9.17) is 4.74 Å². The molecule has 0 heterocycles. The first-order valence-electron chi connectivity index (χ1n) is 10.3. The van der Waals surface area contributed by atoms with Gasteiger partial charge in [0.1, 0.15) is 12.4 Å². The van der Waals surface area contributed by atoms with Gasteiger partial charge in [0, 0.05) is 10.9 Å². The zero-order chi connectivity index (χ0) is 20.6. The Kier molecular flexibility index (Phi) is 6.90. The van der Waals surface area contributed by atoms with E-state index in [-0.39, 0.29) is 0 Å². The number of carbonyl (C=O) groups excluding carboxylic acids is 1. The van der Waals surface area contributed by atoms with Crippen LogP contribution in [0, 0.1) is 5.92 Å². The second kappa shape index (κ2) is 10.2. The molecule has 0 aliphatic heterocycles. The van der Waals surface area contributed by atoms with E-state index < -0.39 is 0 Å². The summed E-state index contributed by atoms with van der Waals surface area (Å²) in [6.07, 6.45) is 11.8. The third kappa shape index (κ3) is 5.34. The second-order valence-electron chi connectivity index (χ2n) is 7.45. The van der Waals surface area contributed by atoms with Crippen molar-refractivity contribution in [2.24, 2.45) is 5.92 Å². The number of hydrogen-bond acceptors (Lipinski definition) is 2. The molecule has 3 heteroatoms. The fraction of sp³-hybridized carbons (Fsp3) is 0.148. The van der Waals surface area contributed by atoms with Gasteiger partial charge in [-0.05, 0) is 47.3 Å². The van der Waals surface area contributed by atoms with E-state index in [1.807, 2.05) is 42.5 Å². The number of rotatable bonds is 8. The van der Waals surface area contributed by atoms with Crippen LogP contribution in [0.3, 0.4) is 0 Å². The van der Waals surface area contributed by atoms with Crippen molar-refractivity contribution in [3.63, 3.8) is 0 Å². The Balaban J connectivity index is 1.59. The van der Waals surface area contributed by atoms with Gasteiger partial charge in [-0.3, -0.25) is 4.79 Å². The summed E-state index contributed by atoms with van der Waals surface area (Å²) in [7, 11) is 0.369. The van der Waals surface area contributed by atoms with Crippen LogP contribution in [0.1, 0.15) is 27.9 Å². The average molecular weight is 412 g/mol. The summed E-state index contributed by atoms with van der Waals surface area (Å²) in [6, 6.07) is 24.5. The number of hydrogen-bond donors (Lipinski definition) is 0. The first kappa shape index (κ1) is 20.3. The SMILES string of the molecule is O=Cc1ccccc1Pc1cc(CC2C=CC=CC2)ccc1OCc1ccccc1. The first-order chi connectivity index (χ1) is 14.8. The lowest BCUT2D eigenvalue weighted by molar-refractivity contribution is 0.112. The van der Waals surface area contributed by atoms with Gasteiger partial charge in [0.25, 0.3) is 0 Å². The molecule has 0 amide bonds. The molecule has 2 unspecified atom stereocenters. The van der Waals surface area contributed by atoms with Crippen molar-refractivity contribution >= 4 is 25.5 Å². The van der Waals surface area contributed by atoms with E-state index in [0.29, 0.717) is 21.1 Å². The van der Waals surface area contributed by atoms with Gasteiger partial charge in [-0.2, -0.15) is 0 Å². The number of aldehydes is 1. The molecule has 0 saturated carbocycles. The highest BCUT2D eigenvalue weighted by molar-refractivity contribution is 7.56. The fourth-order valence-electron chi connectivity index (χ4n) is 3.61. The molecule has 0 aromatic heterocycles. The highest BCUT2D eigenvalue weighted by Gasteiger charge is 2.12. The van der Waals surface area contributed by atoms with Crippen LogP contribution in [0.5, 0.6) is 5.75 Å². The fourth-order valence-corrected chi connectivity index (χ4v) is 4.90. The van der Waals surface area contributed by atoms with Gasteiger partial charge < -0.3 is 4.74 Å². The quantitative estimate of drug-likeness (QED) is 0.367. The highest BCUT2D eigenvalue weighted by atomic mass is 31.1. The van der Waals surface area contributed by atoms with Gasteiger partial charge in [0.15, 0.2) is 6.29 Å². The number of allylic oxidation sites excluding steroid dienone is 4. The molecule has 2 atom stereocenters. The minimum atomic E-state index is 0.369. The topological polar surface area (TPSA) is 26.3 Å². The second-order valence-corrected chi connectivity index (χ2v) is 8.78. The molecule has 2 nitrogen and oxygen atoms in total. The van der Waals surface area contributed by atoms with E-state index in [9.17, 15) is 4.79 Å². The maximum absolute atomic E-state index is 11.5. The van der Waals surface area contributed by atoms with Gasteiger partial charge >= 0.3 is 0 Å². The van der Waals surface area contributed by atoms with Crippen molar-refractivity contribution in [1.29, 1.82) is 0 Å². The van der Waals surface area contributed by atoms with Gasteiger partial charge in [0.05, 0.1) is 0 Å². The Hall–Kier alpha value is -2.96. The summed E-state index contributed by atoms with van der Waals surface area (Å²) in [6.45, 7) is 0.531. The van der Waals surface area contributed by atoms with Crippen LogP contribution in [-0.2, 0) is 13.0 Å². The molecule has 0 radical (unpaired) electrons. The summed E-state index contributed by atoms with van der Waals surface area (Å²) in [5.41, 5.74) is 3.19. The zero-order valence-corrected chi connectivity index (χ0v) is 17.8. The van der Waals surface area contributed by atoms with Crippen molar-refractivity contribution in [1.82, 2.24) is 0 Å². The Morgan fingerprint density at radius 3 is 2.53 bits per heavy atom. The molecular weight excluding hydrogens is 387 g/mol. The largest absolute Gasteiger partial charge is 0.488 e. The molecule has 3 aromatic carbocycles. The summed E-state index contributed by atoms with van der Waals surface area (Å²) in [5, 5.41) is 2.20. The summed E-state index contributed by atoms with van der Waals surface area (Å²) < 4.78 is 6.21. The smallest absolute Gasteiger partial charge is 0.150 e. The molecule has 150 valence electrons. The normalized spacial score (nSPS) is 15.5. The van der Waals surface area contributed by atoms with Crippen molar-refractivity contribution in [2.75, 3.05) is 0 Å². The molecule has 4 rings (SSSR count). The van der Waals surface area contributed by atoms with E-state index in [1.165, 1.54) is 5.56 Å². The summed E-state index contributed by atoms with van der Waals surface area (Å²) >= 11 is 0. The Morgan fingerprint density at radius 2 is 1.73 bits per heavy atom.